The van der Waals surface area contributed by atoms with Crippen molar-refractivity contribution in [3.05, 3.63) is 42.5 Å². The molecule has 0 aliphatic heterocycles. The first-order chi connectivity index (χ1) is 11.5. The highest BCUT2D eigenvalue weighted by Gasteiger charge is 2.16. The van der Waals surface area contributed by atoms with Crippen LogP contribution in [0.25, 0.3) is 0 Å². The standard InChI is InChI=1S/C19H30N2O3/c1-5-16(2)13-20(3)14-18(21(4)15-22)8-6-7-17-9-11-19(24-23)12-10-17/h5,9-12,15-16,18,23H,1,6-8,13-14H2,2-4H3. The van der Waals surface area contributed by atoms with E-state index in [2.05, 4.69) is 30.3 Å². The summed E-state index contributed by atoms with van der Waals surface area (Å²) in [7, 11) is 3.93. The number of benzene rings is 1. The van der Waals surface area contributed by atoms with Gasteiger partial charge in [-0.3, -0.25) is 4.79 Å². The molecule has 0 heterocycles. The maximum atomic E-state index is 11.2. The van der Waals surface area contributed by atoms with Gasteiger partial charge < -0.3 is 14.7 Å². The number of carbonyl (C=O) groups excluding carboxylic acids is 1. The van der Waals surface area contributed by atoms with Crippen molar-refractivity contribution in [2.45, 2.75) is 32.2 Å². The van der Waals surface area contributed by atoms with E-state index >= 15 is 0 Å². The molecule has 5 nitrogen and oxygen atoms in total. The first-order valence-corrected chi connectivity index (χ1v) is 8.38. The summed E-state index contributed by atoms with van der Waals surface area (Å²) < 4.78 is 0. The normalized spacial score (nSPS) is 13.4. The molecule has 0 radical (unpaired) electrons. The Balaban J connectivity index is 2.49. The topological polar surface area (TPSA) is 53.0 Å². The second kappa shape index (κ2) is 10.8. The van der Waals surface area contributed by atoms with Crippen LogP contribution < -0.4 is 4.89 Å². The van der Waals surface area contributed by atoms with E-state index in [9.17, 15) is 4.79 Å². The second-order valence-corrected chi connectivity index (χ2v) is 6.49. The molecule has 134 valence electrons. The number of aryl methyl sites for hydroxylation is 1. The Labute approximate surface area is 145 Å². The van der Waals surface area contributed by atoms with E-state index in [0.717, 1.165) is 38.8 Å². The lowest BCUT2D eigenvalue weighted by Gasteiger charge is -2.30. The minimum Gasteiger partial charge on any atom is -0.344 e. The van der Waals surface area contributed by atoms with Gasteiger partial charge in [-0.2, -0.15) is 0 Å². The van der Waals surface area contributed by atoms with Gasteiger partial charge in [0.25, 0.3) is 0 Å². The molecule has 1 aromatic carbocycles. The summed E-state index contributed by atoms with van der Waals surface area (Å²) in [6, 6.07) is 7.58. The van der Waals surface area contributed by atoms with Gasteiger partial charge in [-0.15, -0.1) is 6.58 Å². The number of hydrogen-bond acceptors (Lipinski definition) is 4. The zero-order chi connectivity index (χ0) is 17.9. The first-order valence-electron chi connectivity index (χ1n) is 8.38. The second-order valence-electron chi connectivity index (χ2n) is 6.49. The van der Waals surface area contributed by atoms with Gasteiger partial charge in [0.1, 0.15) is 0 Å². The summed E-state index contributed by atoms with van der Waals surface area (Å²) in [5.74, 6) is 0.875. The zero-order valence-corrected chi connectivity index (χ0v) is 15.0. The van der Waals surface area contributed by atoms with Crippen LogP contribution in [0, 0.1) is 5.92 Å². The SMILES string of the molecule is C=CC(C)CN(C)CC(CCCc1ccc(OO)cc1)N(C)C=O. The molecule has 1 N–H and O–H groups in total. The lowest BCUT2D eigenvalue weighted by molar-refractivity contribution is -0.137. The fourth-order valence-electron chi connectivity index (χ4n) is 2.77. The molecule has 0 saturated carbocycles. The Kier molecular flexibility index (Phi) is 9.12. The highest BCUT2D eigenvalue weighted by Crippen LogP contribution is 2.15. The molecular formula is C19H30N2O3. The maximum Gasteiger partial charge on any atom is 0.209 e. The van der Waals surface area contributed by atoms with Crippen molar-refractivity contribution in [1.82, 2.24) is 9.80 Å². The van der Waals surface area contributed by atoms with Gasteiger partial charge in [0.05, 0.1) is 0 Å². The number of hydrogen-bond donors (Lipinski definition) is 1. The Morgan fingerprint density at radius 3 is 2.46 bits per heavy atom. The lowest BCUT2D eigenvalue weighted by Crippen LogP contribution is -2.41. The Hall–Kier alpha value is -1.85. The first kappa shape index (κ1) is 20.2. The van der Waals surface area contributed by atoms with Gasteiger partial charge >= 0.3 is 0 Å². The summed E-state index contributed by atoms with van der Waals surface area (Å²) in [5, 5.41) is 8.58. The molecule has 2 atom stereocenters. The number of rotatable bonds is 12. The molecule has 5 heteroatoms. The number of nitrogens with zero attached hydrogens (tertiary/aromatic N) is 2. The minimum absolute atomic E-state index is 0.199. The summed E-state index contributed by atoms with van der Waals surface area (Å²) >= 11 is 0. The number of carbonyl (C=O) groups is 1. The Bertz CT molecular complexity index is 490. The van der Waals surface area contributed by atoms with E-state index in [1.54, 1.807) is 17.0 Å². The van der Waals surface area contributed by atoms with Crippen molar-refractivity contribution < 1.29 is 14.9 Å². The third kappa shape index (κ3) is 7.15. The molecule has 0 spiro atoms. The minimum atomic E-state index is 0.199. The fraction of sp³-hybridized carbons (Fsp3) is 0.526. The molecule has 1 rings (SSSR count). The predicted molar refractivity (Wildman–Crippen MR) is 97.1 cm³/mol. The average molecular weight is 334 g/mol. The number of likely N-dealkylation sites (N-methyl/N-ethyl adjacent to an activating group) is 2. The third-order valence-corrected chi connectivity index (χ3v) is 4.30. The molecule has 24 heavy (non-hydrogen) atoms. The maximum absolute atomic E-state index is 11.2. The molecule has 0 saturated heterocycles. The van der Waals surface area contributed by atoms with Crippen LogP contribution in [-0.4, -0.2) is 54.7 Å². The van der Waals surface area contributed by atoms with Crippen molar-refractivity contribution in [3.63, 3.8) is 0 Å². The van der Waals surface area contributed by atoms with Gasteiger partial charge in [0.15, 0.2) is 5.75 Å². The van der Waals surface area contributed by atoms with E-state index in [1.165, 1.54) is 5.56 Å². The van der Waals surface area contributed by atoms with Crippen LogP contribution in [0.4, 0.5) is 0 Å². The molecule has 1 aromatic rings. The molecular weight excluding hydrogens is 304 g/mol. The van der Waals surface area contributed by atoms with Gasteiger partial charge in [-0.05, 0) is 49.9 Å². The van der Waals surface area contributed by atoms with E-state index in [-0.39, 0.29) is 6.04 Å². The van der Waals surface area contributed by atoms with E-state index < -0.39 is 0 Å². The smallest absolute Gasteiger partial charge is 0.209 e. The van der Waals surface area contributed by atoms with E-state index in [0.29, 0.717) is 11.7 Å². The highest BCUT2D eigenvalue weighted by atomic mass is 17.1. The van der Waals surface area contributed by atoms with Crippen LogP contribution in [0.2, 0.25) is 0 Å². The van der Waals surface area contributed by atoms with Crippen LogP contribution in [0.5, 0.6) is 5.75 Å². The van der Waals surface area contributed by atoms with Gasteiger partial charge in [-0.25, -0.2) is 5.26 Å². The molecule has 2 unspecified atom stereocenters. The lowest BCUT2D eigenvalue weighted by atomic mass is 10.0. The molecule has 0 bridgehead atoms. The van der Waals surface area contributed by atoms with Crippen molar-refractivity contribution >= 4 is 6.41 Å². The molecule has 0 fully saturated rings. The predicted octanol–water partition coefficient (Wildman–Crippen LogP) is 3.07. The Morgan fingerprint density at radius 1 is 1.25 bits per heavy atom. The summed E-state index contributed by atoms with van der Waals surface area (Å²) in [6.07, 6.45) is 5.73. The summed E-state index contributed by atoms with van der Waals surface area (Å²) in [4.78, 5) is 19.4. The van der Waals surface area contributed by atoms with E-state index in [1.807, 2.05) is 25.3 Å². The quantitative estimate of drug-likeness (QED) is 0.276. The molecule has 1 amide bonds. The largest absolute Gasteiger partial charge is 0.344 e. The average Bonchev–Trinajstić information content (AvgIpc) is 2.60. The van der Waals surface area contributed by atoms with Crippen molar-refractivity contribution in [1.29, 1.82) is 0 Å². The van der Waals surface area contributed by atoms with Crippen molar-refractivity contribution in [3.8, 4) is 5.75 Å². The van der Waals surface area contributed by atoms with Crippen molar-refractivity contribution in [2.75, 3.05) is 27.2 Å². The Morgan fingerprint density at radius 2 is 1.92 bits per heavy atom. The van der Waals surface area contributed by atoms with Crippen LogP contribution in [0.3, 0.4) is 0 Å². The van der Waals surface area contributed by atoms with Crippen molar-refractivity contribution in [2.24, 2.45) is 5.92 Å². The zero-order valence-electron chi connectivity index (χ0n) is 15.0. The summed E-state index contributed by atoms with van der Waals surface area (Å²) in [5.41, 5.74) is 1.19. The van der Waals surface area contributed by atoms with Crippen LogP contribution in [-0.2, 0) is 11.2 Å². The highest BCUT2D eigenvalue weighted by molar-refractivity contribution is 5.47. The molecule has 0 aromatic heterocycles. The monoisotopic (exact) mass is 334 g/mol. The van der Waals surface area contributed by atoms with Crippen LogP contribution in [0.15, 0.2) is 36.9 Å². The molecule has 0 aliphatic rings. The summed E-state index contributed by atoms with van der Waals surface area (Å²) in [6.45, 7) is 7.75. The van der Waals surface area contributed by atoms with Crippen LogP contribution >= 0.6 is 0 Å². The van der Waals surface area contributed by atoms with Gasteiger partial charge in [0, 0.05) is 26.2 Å². The van der Waals surface area contributed by atoms with Gasteiger partial charge in [0.2, 0.25) is 6.41 Å². The fourth-order valence-corrected chi connectivity index (χ4v) is 2.77. The van der Waals surface area contributed by atoms with Gasteiger partial charge in [-0.1, -0.05) is 25.1 Å². The van der Waals surface area contributed by atoms with Crippen LogP contribution in [0.1, 0.15) is 25.3 Å². The molecule has 0 aliphatic carbocycles. The number of amides is 1. The third-order valence-electron chi connectivity index (χ3n) is 4.30. The van der Waals surface area contributed by atoms with E-state index in [4.69, 9.17) is 5.26 Å².